The van der Waals surface area contributed by atoms with Gasteiger partial charge in [0.2, 0.25) is 0 Å². The summed E-state index contributed by atoms with van der Waals surface area (Å²) >= 11 is 0. The molecule has 1 aromatic heterocycles. The van der Waals surface area contributed by atoms with Crippen LogP contribution in [0.1, 0.15) is 43.4 Å². The zero-order valence-corrected chi connectivity index (χ0v) is 11.5. The number of carbonyl (C=O) groups excluding carboxylic acids is 1. The van der Waals surface area contributed by atoms with Gasteiger partial charge >= 0.3 is 0 Å². The van der Waals surface area contributed by atoms with Crippen molar-refractivity contribution in [2.75, 3.05) is 19.8 Å². The largest absolute Gasteiger partial charge is 0.381 e. The number of amides is 1. The molecule has 0 fully saturated rings. The summed E-state index contributed by atoms with van der Waals surface area (Å²) in [7, 11) is 0. The number of hydrogen-bond acceptors (Lipinski definition) is 3. The number of aromatic nitrogens is 2. The van der Waals surface area contributed by atoms with Crippen molar-refractivity contribution in [2.45, 2.75) is 33.6 Å². The number of carbonyl (C=O) groups is 1. The lowest BCUT2D eigenvalue weighted by molar-refractivity contribution is 0.0920. The number of ether oxygens (including phenoxy) is 1. The fraction of sp³-hybridized carbons (Fsp3) is 0.692. The zero-order valence-electron chi connectivity index (χ0n) is 11.5. The Kier molecular flexibility index (Phi) is 6.43. The average molecular weight is 253 g/mol. The second kappa shape index (κ2) is 7.87. The van der Waals surface area contributed by atoms with E-state index >= 15 is 0 Å². The van der Waals surface area contributed by atoms with Crippen LogP contribution >= 0.6 is 0 Å². The second-order valence-corrected chi connectivity index (χ2v) is 4.71. The Labute approximate surface area is 108 Å². The molecule has 5 heteroatoms. The van der Waals surface area contributed by atoms with E-state index in [0.717, 1.165) is 25.1 Å². The third-order valence-corrected chi connectivity index (χ3v) is 2.45. The monoisotopic (exact) mass is 253 g/mol. The van der Waals surface area contributed by atoms with E-state index in [1.54, 1.807) is 6.07 Å². The van der Waals surface area contributed by atoms with Gasteiger partial charge in [0.25, 0.3) is 5.91 Å². The van der Waals surface area contributed by atoms with Gasteiger partial charge < -0.3 is 10.1 Å². The van der Waals surface area contributed by atoms with Crippen LogP contribution in [0.5, 0.6) is 0 Å². The molecule has 5 nitrogen and oxygen atoms in total. The Morgan fingerprint density at radius 2 is 2.33 bits per heavy atom. The molecule has 102 valence electrons. The summed E-state index contributed by atoms with van der Waals surface area (Å²) in [5.41, 5.74) is 1.43. The highest BCUT2D eigenvalue weighted by Gasteiger charge is 2.08. The van der Waals surface area contributed by atoms with E-state index in [0.29, 0.717) is 24.8 Å². The topological polar surface area (TPSA) is 67.0 Å². The van der Waals surface area contributed by atoms with Crippen LogP contribution in [0.2, 0.25) is 0 Å². The minimum absolute atomic E-state index is 0.130. The van der Waals surface area contributed by atoms with E-state index in [1.165, 1.54) is 0 Å². The van der Waals surface area contributed by atoms with E-state index in [2.05, 4.69) is 29.4 Å². The average Bonchev–Trinajstić information content (AvgIpc) is 2.81. The van der Waals surface area contributed by atoms with Crippen molar-refractivity contribution in [1.29, 1.82) is 0 Å². The molecule has 0 radical (unpaired) electrons. The summed E-state index contributed by atoms with van der Waals surface area (Å²) in [6.07, 6.45) is 1.67. The molecule has 1 heterocycles. The van der Waals surface area contributed by atoms with Crippen LogP contribution in [0.15, 0.2) is 6.07 Å². The van der Waals surface area contributed by atoms with Crippen molar-refractivity contribution in [3.63, 3.8) is 0 Å². The van der Waals surface area contributed by atoms with Gasteiger partial charge in [-0.15, -0.1) is 0 Å². The molecule has 18 heavy (non-hydrogen) atoms. The van der Waals surface area contributed by atoms with Gasteiger partial charge in [0.15, 0.2) is 0 Å². The van der Waals surface area contributed by atoms with Crippen LogP contribution in [-0.2, 0) is 11.2 Å². The van der Waals surface area contributed by atoms with Gasteiger partial charge in [-0.05, 0) is 24.8 Å². The van der Waals surface area contributed by atoms with Gasteiger partial charge in [-0.2, -0.15) is 5.10 Å². The molecule has 0 aliphatic carbocycles. The van der Waals surface area contributed by atoms with Crippen molar-refractivity contribution in [1.82, 2.24) is 15.5 Å². The first kappa shape index (κ1) is 14.7. The number of nitrogens with zero attached hydrogens (tertiary/aromatic N) is 1. The first-order valence-electron chi connectivity index (χ1n) is 6.53. The van der Waals surface area contributed by atoms with Crippen molar-refractivity contribution in [3.05, 3.63) is 17.5 Å². The quantitative estimate of drug-likeness (QED) is 0.694. The van der Waals surface area contributed by atoms with Gasteiger partial charge in [-0.1, -0.05) is 20.8 Å². The normalized spacial score (nSPS) is 10.9. The Morgan fingerprint density at radius 1 is 1.56 bits per heavy atom. The molecule has 0 saturated carbocycles. The Hall–Kier alpha value is -1.36. The maximum atomic E-state index is 11.7. The number of hydrogen-bond donors (Lipinski definition) is 2. The standard InChI is InChI=1S/C13H23N3O2/c1-4-11-8-12(16-15-11)13(17)14-6-5-7-18-9-10(2)3/h8,10H,4-7,9H2,1-3H3,(H,14,17)(H,15,16). The molecule has 2 N–H and O–H groups in total. The predicted octanol–water partition coefficient (Wildman–Crippen LogP) is 1.76. The Morgan fingerprint density at radius 3 is 2.94 bits per heavy atom. The summed E-state index contributed by atoms with van der Waals surface area (Å²) in [6.45, 7) is 8.31. The van der Waals surface area contributed by atoms with Crippen molar-refractivity contribution in [3.8, 4) is 0 Å². The lowest BCUT2D eigenvalue weighted by Crippen LogP contribution is -2.25. The lowest BCUT2D eigenvalue weighted by atomic mass is 10.2. The summed E-state index contributed by atoms with van der Waals surface area (Å²) in [4.78, 5) is 11.7. The number of aromatic amines is 1. The first-order chi connectivity index (χ1) is 8.63. The zero-order chi connectivity index (χ0) is 13.4. The summed E-state index contributed by atoms with van der Waals surface area (Å²) in [6, 6.07) is 1.78. The number of rotatable bonds is 8. The van der Waals surface area contributed by atoms with Crippen LogP contribution in [0.3, 0.4) is 0 Å². The maximum absolute atomic E-state index is 11.7. The van der Waals surface area contributed by atoms with Crippen molar-refractivity contribution >= 4 is 5.91 Å². The summed E-state index contributed by atoms with van der Waals surface area (Å²) in [5, 5.41) is 9.60. The molecule has 0 aliphatic rings. The highest BCUT2D eigenvalue weighted by Crippen LogP contribution is 2.00. The molecule has 1 aromatic rings. The van der Waals surface area contributed by atoms with E-state index in [-0.39, 0.29) is 5.91 Å². The van der Waals surface area contributed by atoms with Crippen LogP contribution in [0, 0.1) is 5.92 Å². The van der Waals surface area contributed by atoms with Gasteiger partial charge in [0.05, 0.1) is 0 Å². The van der Waals surface area contributed by atoms with Crippen molar-refractivity contribution < 1.29 is 9.53 Å². The fourth-order valence-electron chi connectivity index (χ4n) is 1.44. The molecule has 0 saturated heterocycles. The smallest absolute Gasteiger partial charge is 0.271 e. The van der Waals surface area contributed by atoms with Crippen molar-refractivity contribution in [2.24, 2.45) is 5.92 Å². The fourth-order valence-corrected chi connectivity index (χ4v) is 1.44. The molecule has 1 rings (SSSR count). The highest BCUT2D eigenvalue weighted by atomic mass is 16.5. The van der Waals surface area contributed by atoms with Gasteiger partial charge in [0, 0.05) is 25.5 Å². The van der Waals surface area contributed by atoms with Gasteiger partial charge in [-0.3, -0.25) is 9.89 Å². The second-order valence-electron chi connectivity index (χ2n) is 4.71. The maximum Gasteiger partial charge on any atom is 0.271 e. The van der Waals surface area contributed by atoms with Crippen LogP contribution < -0.4 is 5.32 Å². The Balaban J connectivity index is 2.13. The summed E-state index contributed by atoms with van der Waals surface area (Å²) < 4.78 is 5.43. The number of aryl methyl sites for hydroxylation is 1. The third-order valence-electron chi connectivity index (χ3n) is 2.45. The Bertz CT molecular complexity index is 361. The SMILES string of the molecule is CCc1cc(C(=O)NCCCOCC(C)C)n[nH]1. The van der Waals surface area contributed by atoms with E-state index in [1.807, 2.05) is 6.92 Å². The first-order valence-corrected chi connectivity index (χ1v) is 6.53. The molecule has 0 unspecified atom stereocenters. The molecule has 0 atom stereocenters. The molecule has 0 aliphatic heterocycles. The minimum atomic E-state index is -0.130. The van der Waals surface area contributed by atoms with Gasteiger partial charge in [0.1, 0.15) is 5.69 Å². The van der Waals surface area contributed by atoms with E-state index in [9.17, 15) is 4.79 Å². The molecule has 1 amide bonds. The highest BCUT2D eigenvalue weighted by molar-refractivity contribution is 5.92. The predicted molar refractivity (Wildman–Crippen MR) is 70.6 cm³/mol. The van der Waals surface area contributed by atoms with Gasteiger partial charge in [-0.25, -0.2) is 0 Å². The van der Waals surface area contributed by atoms with Crippen LogP contribution in [0.25, 0.3) is 0 Å². The molecule has 0 aromatic carbocycles. The number of nitrogens with one attached hydrogen (secondary N) is 2. The molecule has 0 spiro atoms. The van der Waals surface area contributed by atoms with E-state index in [4.69, 9.17) is 4.74 Å². The minimum Gasteiger partial charge on any atom is -0.381 e. The lowest BCUT2D eigenvalue weighted by Gasteiger charge is -2.06. The van der Waals surface area contributed by atoms with E-state index < -0.39 is 0 Å². The summed E-state index contributed by atoms with van der Waals surface area (Å²) in [5.74, 6) is 0.422. The third kappa shape index (κ3) is 5.31. The molecule has 0 bridgehead atoms. The molecular formula is C13H23N3O2. The van der Waals surface area contributed by atoms with Crippen LogP contribution in [-0.4, -0.2) is 35.9 Å². The van der Waals surface area contributed by atoms with Crippen LogP contribution in [0.4, 0.5) is 0 Å². The number of H-pyrrole nitrogens is 1. The molecular weight excluding hydrogens is 230 g/mol.